The van der Waals surface area contributed by atoms with E-state index in [0.717, 1.165) is 22.2 Å². The monoisotopic (exact) mass is 461 g/mol. The third-order valence-corrected chi connectivity index (χ3v) is 6.16. The molecule has 0 saturated heterocycles. The second-order valence-corrected chi connectivity index (χ2v) is 8.49. The van der Waals surface area contributed by atoms with E-state index in [1.54, 1.807) is 47.2 Å². The molecule has 0 unspecified atom stereocenters. The number of benzene rings is 2. The number of aromatic nitrogens is 3. The Labute approximate surface area is 191 Å². The highest BCUT2D eigenvalue weighted by Gasteiger charge is 2.20. The summed E-state index contributed by atoms with van der Waals surface area (Å²) in [5.74, 6) is 5.68. The van der Waals surface area contributed by atoms with Crippen LogP contribution in [0.25, 0.3) is 0 Å². The first kappa shape index (κ1) is 21.3. The van der Waals surface area contributed by atoms with E-state index in [1.165, 1.54) is 18.5 Å². The Morgan fingerprint density at radius 2 is 2.06 bits per heavy atom. The fraction of sp³-hybridized carbons (Fsp3) is 0.0455. The molecule has 0 aliphatic rings. The Balaban J connectivity index is 1.53. The lowest BCUT2D eigenvalue weighted by atomic mass is 10.1. The molecule has 0 radical (unpaired) electrons. The summed E-state index contributed by atoms with van der Waals surface area (Å²) in [5, 5.41) is 24.5. The lowest BCUT2D eigenvalue weighted by molar-refractivity contribution is -0.387. The van der Waals surface area contributed by atoms with E-state index in [-0.39, 0.29) is 11.3 Å². The van der Waals surface area contributed by atoms with Gasteiger partial charge in [0.15, 0.2) is 5.16 Å². The summed E-state index contributed by atoms with van der Waals surface area (Å²) >= 11 is 2.66. The van der Waals surface area contributed by atoms with Crippen LogP contribution in [0.15, 0.2) is 76.4 Å². The highest BCUT2D eigenvalue weighted by atomic mass is 32.2. The Morgan fingerprint density at radius 1 is 1.19 bits per heavy atom. The SMILES string of the molecule is Cn1cnnc1Sc1ccc(C(=O)Nc2cccc(C#Cc3cccs3)c2)cc1[N+](=O)[O-]. The van der Waals surface area contributed by atoms with Crippen molar-refractivity contribution in [1.82, 2.24) is 14.8 Å². The summed E-state index contributed by atoms with van der Waals surface area (Å²) in [6, 6.07) is 15.3. The third kappa shape index (κ3) is 5.03. The van der Waals surface area contributed by atoms with Gasteiger partial charge in [0.25, 0.3) is 11.6 Å². The van der Waals surface area contributed by atoms with Gasteiger partial charge in [-0.3, -0.25) is 14.9 Å². The van der Waals surface area contributed by atoms with Crippen LogP contribution < -0.4 is 5.32 Å². The third-order valence-electron chi connectivity index (χ3n) is 4.26. The molecule has 0 bridgehead atoms. The quantitative estimate of drug-likeness (QED) is 0.265. The zero-order valence-electron chi connectivity index (χ0n) is 16.7. The molecule has 2 aromatic heterocycles. The minimum absolute atomic E-state index is 0.175. The van der Waals surface area contributed by atoms with Gasteiger partial charge in [-0.25, -0.2) is 0 Å². The van der Waals surface area contributed by atoms with E-state index >= 15 is 0 Å². The minimum Gasteiger partial charge on any atom is -0.322 e. The molecule has 0 fully saturated rings. The van der Waals surface area contributed by atoms with Crippen molar-refractivity contribution in [2.75, 3.05) is 5.32 Å². The summed E-state index contributed by atoms with van der Waals surface area (Å²) in [4.78, 5) is 25.1. The number of nitrogens with zero attached hydrogens (tertiary/aromatic N) is 4. The molecule has 4 aromatic rings. The number of nitro benzene ring substituents is 1. The van der Waals surface area contributed by atoms with E-state index in [9.17, 15) is 14.9 Å². The second kappa shape index (κ2) is 9.47. The van der Waals surface area contributed by atoms with Crippen LogP contribution in [0.2, 0.25) is 0 Å². The number of carbonyl (C=O) groups is 1. The van der Waals surface area contributed by atoms with E-state index in [4.69, 9.17) is 0 Å². The van der Waals surface area contributed by atoms with E-state index in [0.29, 0.717) is 15.7 Å². The summed E-state index contributed by atoms with van der Waals surface area (Å²) in [6.07, 6.45) is 1.51. The van der Waals surface area contributed by atoms with Crippen LogP contribution in [0, 0.1) is 22.0 Å². The van der Waals surface area contributed by atoms with Gasteiger partial charge < -0.3 is 9.88 Å². The first-order chi connectivity index (χ1) is 15.5. The van der Waals surface area contributed by atoms with Gasteiger partial charge in [-0.15, -0.1) is 21.5 Å². The van der Waals surface area contributed by atoms with Crippen LogP contribution in [0.3, 0.4) is 0 Å². The van der Waals surface area contributed by atoms with Crippen LogP contribution >= 0.6 is 23.1 Å². The van der Waals surface area contributed by atoms with Gasteiger partial charge in [0, 0.05) is 29.9 Å². The molecule has 4 rings (SSSR count). The number of nitro groups is 1. The minimum atomic E-state index is -0.518. The largest absolute Gasteiger partial charge is 0.322 e. The van der Waals surface area contributed by atoms with E-state index in [1.807, 2.05) is 23.6 Å². The van der Waals surface area contributed by atoms with Gasteiger partial charge in [0.05, 0.1) is 14.7 Å². The normalized spacial score (nSPS) is 10.3. The first-order valence-corrected chi connectivity index (χ1v) is 11.0. The topological polar surface area (TPSA) is 103 Å². The van der Waals surface area contributed by atoms with Crippen LogP contribution in [0.5, 0.6) is 0 Å². The Bertz CT molecular complexity index is 1350. The molecule has 32 heavy (non-hydrogen) atoms. The van der Waals surface area contributed by atoms with Crippen molar-refractivity contribution in [2.45, 2.75) is 10.1 Å². The van der Waals surface area contributed by atoms with Crippen molar-refractivity contribution in [3.8, 4) is 11.8 Å². The van der Waals surface area contributed by atoms with E-state index in [2.05, 4.69) is 27.4 Å². The summed E-state index contributed by atoms with van der Waals surface area (Å²) < 4.78 is 1.66. The standard InChI is InChI=1S/C22H15N5O3S2/c1-26-14-23-25-22(26)32-20-10-8-16(13-19(20)27(29)30)21(28)24-17-5-2-4-15(12-17)7-9-18-6-3-11-31-18/h2-6,8,10-14H,1H3,(H,24,28). The molecule has 0 aliphatic carbocycles. The highest BCUT2D eigenvalue weighted by molar-refractivity contribution is 7.99. The van der Waals surface area contributed by atoms with Crippen molar-refractivity contribution in [3.05, 3.63) is 92.4 Å². The van der Waals surface area contributed by atoms with Crippen LogP contribution in [0.4, 0.5) is 11.4 Å². The number of aryl methyl sites for hydroxylation is 1. The summed E-state index contributed by atoms with van der Waals surface area (Å²) in [7, 11) is 1.74. The predicted octanol–water partition coefficient (Wildman–Crippen LogP) is 4.59. The van der Waals surface area contributed by atoms with Crippen molar-refractivity contribution < 1.29 is 9.72 Å². The predicted molar refractivity (Wildman–Crippen MR) is 123 cm³/mol. The number of amides is 1. The average Bonchev–Trinajstić information content (AvgIpc) is 3.44. The molecule has 2 aromatic carbocycles. The first-order valence-electron chi connectivity index (χ1n) is 9.27. The fourth-order valence-corrected chi connectivity index (χ4v) is 4.13. The van der Waals surface area contributed by atoms with Gasteiger partial charge in [-0.1, -0.05) is 24.0 Å². The molecule has 1 N–H and O–H groups in total. The van der Waals surface area contributed by atoms with E-state index < -0.39 is 10.8 Å². The molecule has 8 nitrogen and oxygen atoms in total. The molecule has 0 atom stereocenters. The number of hydrogen-bond acceptors (Lipinski definition) is 7. The van der Waals surface area contributed by atoms with Crippen LogP contribution in [0.1, 0.15) is 20.8 Å². The van der Waals surface area contributed by atoms with Crippen molar-refractivity contribution >= 4 is 40.4 Å². The molecule has 1 amide bonds. The van der Waals surface area contributed by atoms with Gasteiger partial charge in [0.1, 0.15) is 6.33 Å². The van der Waals surface area contributed by atoms with Crippen LogP contribution in [-0.2, 0) is 7.05 Å². The van der Waals surface area contributed by atoms with Crippen molar-refractivity contribution in [3.63, 3.8) is 0 Å². The lowest BCUT2D eigenvalue weighted by Crippen LogP contribution is -2.12. The molecule has 0 aliphatic heterocycles. The zero-order chi connectivity index (χ0) is 22.5. The number of nitrogens with one attached hydrogen (secondary N) is 1. The molecular weight excluding hydrogens is 446 g/mol. The van der Waals surface area contributed by atoms with Crippen LogP contribution in [-0.4, -0.2) is 25.6 Å². The second-order valence-electron chi connectivity index (χ2n) is 6.53. The molecule has 158 valence electrons. The smallest absolute Gasteiger partial charge is 0.284 e. The molecule has 2 heterocycles. The Hall–Kier alpha value is -3.94. The zero-order valence-corrected chi connectivity index (χ0v) is 18.3. The van der Waals surface area contributed by atoms with Gasteiger partial charge in [-0.2, -0.15) is 0 Å². The van der Waals surface area contributed by atoms with Crippen molar-refractivity contribution in [1.29, 1.82) is 0 Å². The number of rotatable bonds is 5. The summed E-state index contributed by atoms with van der Waals surface area (Å²) in [5.41, 5.74) is 1.29. The number of hydrogen-bond donors (Lipinski definition) is 1. The molecular formula is C22H15N5O3S2. The van der Waals surface area contributed by atoms with Gasteiger partial charge >= 0.3 is 0 Å². The maximum Gasteiger partial charge on any atom is 0.284 e. The summed E-state index contributed by atoms with van der Waals surface area (Å²) in [6.45, 7) is 0. The Kier molecular flexibility index (Phi) is 6.30. The average molecular weight is 462 g/mol. The van der Waals surface area contributed by atoms with Gasteiger partial charge in [-0.05, 0) is 53.5 Å². The Morgan fingerprint density at radius 3 is 2.78 bits per heavy atom. The fourth-order valence-electron chi connectivity index (χ4n) is 2.71. The number of thiophene rings is 1. The number of carbonyl (C=O) groups excluding carboxylic acids is 1. The maximum atomic E-state index is 12.7. The van der Waals surface area contributed by atoms with Crippen molar-refractivity contribution in [2.24, 2.45) is 7.05 Å². The molecule has 10 heteroatoms. The maximum absolute atomic E-state index is 12.7. The molecule has 0 saturated carbocycles. The lowest BCUT2D eigenvalue weighted by Gasteiger charge is -2.07. The highest BCUT2D eigenvalue weighted by Crippen LogP contribution is 2.34. The van der Waals surface area contributed by atoms with Gasteiger partial charge in [0.2, 0.25) is 0 Å². The molecule has 0 spiro atoms. The number of anilines is 1.